The quantitative estimate of drug-likeness (QED) is 0.812. The molecule has 0 bridgehead atoms. The van der Waals surface area contributed by atoms with Gasteiger partial charge in [0.25, 0.3) is 0 Å². The standard InChI is InChI=1S/C13H17N3O4/c1-7-4-10(15-11(14-7)13(19)20-3)16-5-9(6-16)8(2)12(17)18/h4,8-9H,5-6H2,1-3H3,(H,17,18). The van der Waals surface area contributed by atoms with E-state index >= 15 is 0 Å². The van der Waals surface area contributed by atoms with Crippen LogP contribution in [0.3, 0.4) is 0 Å². The Balaban J connectivity index is 2.10. The SMILES string of the molecule is COC(=O)c1nc(C)cc(N2CC(C(C)C(=O)O)C2)n1. The first-order valence-corrected chi connectivity index (χ1v) is 6.34. The molecule has 0 spiro atoms. The lowest BCUT2D eigenvalue weighted by Gasteiger charge is -2.42. The molecule has 1 atom stereocenters. The van der Waals surface area contributed by atoms with Crippen LogP contribution in [-0.4, -0.2) is 47.2 Å². The van der Waals surface area contributed by atoms with Gasteiger partial charge in [0.1, 0.15) is 5.82 Å². The summed E-state index contributed by atoms with van der Waals surface area (Å²) in [4.78, 5) is 32.5. The monoisotopic (exact) mass is 279 g/mol. The van der Waals surface area contributed by atoms with Gasteiger partial charge >= 0.3 is 11.9 Å². The van der Waals surface area contributed by atoms with Crippen molar-refractivity contribution in [1.29, 1.82) is 0 Å². The molecule has 1 N–H and O–H groups in total. The van der Waals surface area contributed by atoms with Crippen LogP contribution in [0.2, 0.25) is 0 Å². The minimum atomic E-state index is -0.788. The summed E-state index contributed by atoms with van der Waals surface area (Å²) < 4.78 is 4.61. The first kappa shape index (κ1) is 14.2. The van der Waals surface area contributed by atoms with Crippen molar-refractivity contribution in [3.8, 4) is 0 Å². The molecule has 108 valence electrons. The number of carboxylic acid groups (broad SMARTS) is 1. The van der Waals surface area contributed by atoms with E-state index in [4.69, 9.17) is 5.11 Å². The highest BCUT2D eigenvalue weighted by Crippen LogP contribution is 2.28. The topological polar surface area (TPSA) is 92.6 Å². The number of anilines is 1. The van der Waals surface area contributed by atoms with E-state index in [1.165, 1.54) is 7.11 Å². The van der Waals surface area contributed by atoms with Crippen LogP contribution in [0.15, 0.2) is 6.07 Å². The molecule has 1 aromatic heterocycles. The first-order chi connectivity index (χ1) is 9.42. The van der Waals surface area contributed by atoms with Crippen LogP contribution >= 0.6 is 0 Å². The van der Waals surface area contributed by atoms with Crippen molar-refractivity contribution in [2.24, 2.45) is 11.8 Å². The molecule has 2 heterocycles. The number of aromatic nitrogens is 2. The summed E-state index contributed by atoms with van der Waals surface area (Å²) in [6.07, 6.45) is 0. The van der Waals surface area contributed by atoms with Crippen LogP contribution in [0.4, 0.5) is 5.82 Å². The molecule has 0 amide bonds. The van der Waals surface area contributed by atoms with Crippen LogP contribution in [0, 0.1) is 18.8 Å². The van der Waals surface area contributed by atoms with Gasteiger partial charge in [-0.05, 0) is 6.92 Å². The molecule has 1 unspecified atom stereocenters. The molecule has 20 heavy (non-hydrogen) atoms. The Hall–Kier alpha value is -2.18. The maximum atomic E-state index is 11.5. The lowest BCUT2D eigenvalue weighted by Crippen LogP contribution is -2.51. The molecular formula is C13H17N3O4. The van der Waals surface area contributed by atoms with E-state index in [1.807, 2.05) is 4.90 Å². The third-order valence-corrected chi connectivity index (χ3v) is 3.54. The molecule has 1 saturated heterocycles. The highest BCUT2D eigenvalue weighted by atomic mass is 16.5. The van der Waals surface area contributed by atoms with E-state index in [1.54, 1.807) is 19.9 Å². The third-order valence-electron chi connectivity index (χ3n) is 3.54. The highest BCUT2D eigenvalue weighted by molar-refractivity contribution is 5.85. The fourth-order valence-electron chi connectivity index (χ4n) is 2.11. The van der Waals surface area contributed by atoms with Gasteiger partial charge in [-0.3, -0.25) is 4.79 Å². The lowest BCUT2D eigenvalue weighted by atomic mass is 9.87. The molecule has 1 aliphatic heterocycles. The lowest BCUT2D eigenvalue weighted by molar-refractivity contribution is -0.143. The summed E-state index contributed by atoms with van der Waals surface area (Å²) in [5.74, 6) is -0.989. The van der Waals surface area contributed by atoms with Gasteiger partial charge < -0.3 is 14.7 Å². The van der Waals surface area contributed by atoms with Crippen molar-refractivity contribution in [3.63, 3.8) is 0 Å². The fraction of sp³-hybridized carbons (Fsp3) is 0.538. The van der Waals surface area contributed by atoms with Gasteiger partial charge in [-0.1, -0.05) is 6.92 Å². The number of aliphatic carboxylic acids is 1. The summed E-state index contributed by atoms with van der Waals surface area (Å²) in [5, 5.41) is 8.96. The summed E-state index contributed by atoms with van der Waals surface area (Å²) >= 11 is 0. The van der Waals surface area contributed by atoms with Gasteiger partial charge in [0, 0.05) is 30.8 Å². The number of hydrogen-bond donors (Lipinski definition) is 1. The van der Waals surface area contributed by atoms with Crippen molar-refractivity contribution in [3.05, 3.63) is 17.6 Å². The molecule has 0 aliphatic carbocycles. The number of aryl methyl sites for hydroxylation is 1. The van der Waals surface area contributed by atoms with Crippen LogP contribution < -0.4 is 4.90 Å². The molecule has 1 fully saturated rings. The molecular weight excluding hydrogens is 262 g/mol. The summed E-state index contributed by atoms with van der Waals surface area (Å²) in [5.41, 5.74) is 0.671. The smallest absolute Gasteiger partial charge is 0.376 e. The van der Waals surface area contributed by atoms with Gasteiger partial charge in [-0.25, -0.2) is 14.8 Å². The highest BCUT2D eigenvalue weighted by Gasteiger charge is 2.35. The Morgan fingerprint density at radius 1 is 1.45 bits per heavy atom. The first-order valence-electron chi connectivity index (χ1n) is 6.34. The Labute approximate surface area is 116 Å². The number of nitrogens with zero attached hydrogens (tertiary/aromatic N) is 3. The van der Waals surface area contributed by atoms with E-state index in [9.17, 15) is 9.59 Å². The van der Waals surface area contributed by atoms with Crippen molar-refractivity contribution in [2.75, 3.05) is 25.1 Å². The predicted octanol–water partition coefficient (Wildman–Crippen LogP) is 0.729. The largest absolute Gasteiger partial charge is 0.481 e. The van der Waals surface area contributed by atoms with Gasteiger partial charge in [-0.15, -0.1) is 0 Å². The van der Waals surface area contributed by atoms with E-state index in [2.05, 4.69) is 14.7 Å². The van der Waals surface area contributed by atoms with E-state index < -0.39 is 11.9 Å². The second kappa shape index (κ2) is 5.44. The van der Waals surface area contributed by atoms with Crippen molar-refractivity contribution in [2.45, 2.75) is 13.8 Å². The molecule has 0 saturated carbocycles. The third kappa shape index (κ3) is 2.71. The molecule has 7 nitrogen and oxygen atoms in total. The minimum absolute atomic E-state index is 0.0252. The van der Waals surface area contributed by atoms with E-state index in [0.29, 0.717) is 24.6 Å². The number of carbonyl (C=O) groups excluding carboxylic acids is 1. The van der Waals surface area contributed by atoms with Gasteiger partial charge in [-0.2, -0.15) is 0 Å². The van der Waals surface area contributed by atoms with Crippen LogP contribution in [-0.2, 0) is 9.53 Å². The number of rotatable bonds is 4. The number of methoxy groups -OCH3 is 1. The zero-order valence-electron chi connectivity index (χ0n) is 11.7. The zero-order chi connectivity index (χ0) is 14.9. The molecule has 0 aromatic carbocycles. The Kier molecular flexibility index (Phi) is 3.87. The minimum Gasteiger partial charge on any atom is -0.481 e. The Morgan fingerprint density at radius 2 is 2.10 bits per heavy atom. The maximum absolute atomic E-state index is 11.5. The molecule has 0 radical (unpaired) electrons. The van der Waals surface area contributed by atoms with Crippen molar-refractivity contribution in [1.82, 2.24) is 9.97 Å². The molecule has 1 aliphatic rings. The average Bonchev–Trinajstić information content (AvgIpc) is 2.35. The van der Waals surface area contributed by atoms with Crippen molar-refractivity contribution >= 4 is 17.8 Å². The number of esters is 1. The van der Waals surface area contributed by atoms with Crippen molar-refractivity contribution < 1.29 is 19.4 Å². The summed E-state index contributed by atoms with van der Waals surface area (Å²) in [6.45, 7) is 4.71. The summed E-state index contributed by atoms with van der Waals surface area (Å²) in [7, 11) is 1.28. The second-order valence-corrected chi connectivity index (χ2v) is 4.97. The van der Waals surface area contributed by atoms with Crippen LogP contribution in [0.5, 0.6) is 0 Å². The number of carboxylic acids is 1. The predicted molar refractivity (Wildman–Crippen MR) is 70.6 cm³/mol. The zero-order valence-corrected chi connectivity index (χ0v) is 11.7. The average molecular weight is 279 g/mol. The number of ether oxygens (including phenoxy) is 1. The number of hydrogen-bond acceptors (Lipinski definition) is 6. The van der Waals surface area contributed by atoms with Crippen LogP contribution in [0.25, 0.3) is 0 Å². The van der Waals surface area contributed by atoms with E-state index in [-0.39, 0.29) is 17.7 Å². The Morgan fingerprint density at radius 3 is 2.65 bits per heavy atom. The maximum Gasteiger partial charge on any atom is 0.376 e. The molecule has 7 heteroatoms. The van der Waals surface area contributed by atoms with Gasteiger partial charge in [0.2, 0.25) is 5.82 Å². The van der Waals surface area contributed by atoms with E-state index in [0.717, 1.165) is 0 Å². The second-order valence-electron chi connectivity index (χ2n) is 4.97. The molecule has 2 rings (SSSR count). The van der Waals surface area contributed by atoms with Gasteiger partial charge in [0.05, 0.1) is 13.0 Å². The number of carbonyl (C=O) groups is 2. The molecule has 1 aromatic rings. The van der Waals surface area contributed by atoms with Gasteiger partial charge in [0.15, 0.2) is 0 Å². The fourth-order valence-corrected chi connectivity index (χ4v) is 2.11. The van der Waals surface area contributed by atoms with Crippen LogP contribution in [0.1, 0.15) is 23.2 Å². The Bertz CT molecular complexity index is 540. The summed E-state index contributed by atoms with van der Waals surface area (Å²) in [6, 6.07) is 1.77. The normalized spacial score (nSPS) is 16.4.